The lowest BCUT2D eigenvalue weighted by molar-refractivity contribution is 0.102. The van der Waals surface area contributed by atoms with Gasteiger partial charge in [-0.25, -0.2) is 9.37 Å². The van der Waals surface area contributed by atoms with Crippen LogP contribution in [0.2, 0.25) is 0 Å². The number of aromatic nitrogens is 3. The van der Waals surface area contributed by atoms with Gasteiger partial charge >= 0.3 is 0 Å². The number of nitrogens with zero attached hydrogens (tertiary/aromatic N) is 2. The van der Waals surface area contributed by atoms with E-state index in [0.717, 1.165) is 5.56 Å². The molecule has 1 aromatic carbocycles. The van der Waals surface area contributed by atoms with Crippen molar-refractivity contribution < 1.29 is 9.18 Å². The molecule has 76 valence electrons. The Bertz CT molecular complexity index is 493. The number of hydrogen-bond acceptors (Lipinski definition) is 3. The molecule has 0 bridgehead atoms. The Morgan fingerprint density at radius 1 is 1.47 bits per heavy atom. The summed E-state index contributed by atoms with van der Waals surface area (Å²) < 4.78 is 13.3. The van der Waals surface area contributed by atoms with Crippen molar-refractivity contribution in [1.29, 1.82) is 0 Å². The summed E-state index contributed by atoms with van der Waals surface area (Å²) in [5.74, 6) is -1.00. The minimum Gasteiger partial charge on any atom is -0.285 e. The maximum atomic E-state index is 13.3. The van der Waals surface area contributed by atoms with Gasteiger partial charge in [-0.2, -0.15) is 5.10 Å². The van der Waals surface area contributed by atoms with Crippen LogP contribution in [0.4, 0.5) is 4.39 Å². The summed E-state index contributed by atoms with van der Waals surface area (Å²) in [7, 11) is 0. The number of aromatic amines is 1. The summed E-state index contributed by atoms with van der Waals surface area (Å²) in [5, 5.41) is 5.95. The predicted molar refractivity (Wildman–Crippen MR) is 51.0 cm³/mol. The smallest absolute Gasteiger partial charge is 0.232 e. The van der Waals surface area contributed by atoms with E-state index in [2.05, 4.69) is 15.2 Å². The fourth-order valence-corrected chi connectivity index (χ4v) is 1.26. The van der Waals surface area contributed by atoms with E-state index in [1.807, 2.05) is 0 Å². The third kappa shape index (κ3) is 1.76. The minimum absolute atomic E-state index is 0.00625. The molecule has 5 heteroatoms. The Balaban J connectivity index is 2.46. The molecule has 4 nitrogen and oxygen atoms in total. The van der Waals surface area contributed by atoms with Crippen LogP contribution in [0, 0.1) is 12.7 Å². The molecule has 0 atom stereocenters. The van der Waals surface area contributed by atoms with Gasteiger partial charge in [0.15, 0.2) is 5.82 Å². The number of ketones is 1. The number of carbonyl (C=O) groups is 1. The van der Waals surface area contributed by atoms with E-state index >= 15 is 0 Å². The van der Waals surface area contributed by atoms with Crippen LogP contribution in [-0.4, -0.2) is 21.0 Å². The fraction of sp³-hybridized carbons (Fsp3) is 0.100. The molecule has 2 aromatic rings. The Kier molecular flexibility index (Phi) is 2.29. The lowest BCUT2D eigenvalue weighted by atomic mass is 10.1. The number of aryl methyl sites for hydroxylation is 1. The zero-order chi connectivity index (χ0) is 10.8. The summed E-state index contributed by atoms with van der Waals surface area (Å²) in [5.41, 5.74) is 0.825. The van der Waals surface area contributed by atoms with E-state index in [-0.39, 0.29) is 11.4 Å². The quantitative estimate of drug-likeness (QED) is 0.755. The summed E-state index contributed by atoms with van der Waals surface area (Å²) in [6.07, 6.45) is 1.21. The molecule has 1 heterocycles. The average Bonchev–Trinajstić information content (AvgIpc) is 2.74. The SMILES string of the molecule is Cc1ccc(F)c(C(=O)c2ncn[nH]2)c1. The largest absolute Gasteiger partial charge is 0.285 e. The standard InChI is InChI=1S/C10H8FN3O/c1-6-2-3-8(11)7(4-6)9(15)10-12-5-13-14-10/h2-5H,1H3,(H,12,13,14). The highest BCUT2D eigenvalue weighted by atomic mass is 19.1. The second kappa shape index (κ2) is 3.61. The molecule has 0 saturated carbocycles. The van der Waals surface area contributed by atoms with Crippen molar-refractivity contribution in [1.82, 2.24) is 15.2 Å². The molecule has 0 fully saturated rings. The van der Waals surface area contributed by atoms with Crippen molar-refractivity contribution in [3.8, 4) is 0 Å². The van der Waals surface area contributed by atoms with Gasteiger partial charge in [-0.15, -0.1) is 0 Å². The van der Waals surface area contributed by atoms with Crippen LogP contribution >= 0.6 is 0 Å². The molecular weight excluding hydrogens is 197 g/mol. The van der Waals surface area contributed by atoms with Crippen LogP contribution in [0.15, 0.2) is 24.5 Å². The summed E-state index contributed by atoms with van der Waals surface area (Å²) in [6, 6.07) is 4.35. The highest BCUT2D eigenvalue weighted by Gasteiger charge is 2.16. The lowest BCUT2D eigenvalue weighted by Crippen LogP contribution is -2.06. The van der Waals surface area contributed by atoms with Crippen molar-refractivity contribution >= 4 is 5.78 Å². The summed E-state index contributed by atoms with van der Waals surface area (Å²) in [6.45, 7) is 1.79. The molecular formula is C10H8FN3O. The van der Waals surface area contributed by atoms with Crippen molar-refractivity contribution in [3.63, 3.8) is 0 Å². The fourth-order valence-electron chi connectivity index (χ4n) is 1.26. The maximum absolute atomic E-state index is 13.3. The van der Waals surface area contributed by atoms with E-state index < -0.39 is 11.6 Å². The van der Waals surface area contributed by atoms with Crippen molar-refractivity contribution in [2.75, 3.05) is 0 Å². The van der Waals surface area contributed by atoms with Crippen LogP contribution in [0.3, 0.4) is 0 Å². The molecule has 2 rings (SSSR count). The zero-order valence-corrected chi connectivity index (χ0v) is 7.99. The number of halogens is 1. The van der Waals surface area contributed by atoms with Crippen LogP contribution < -0.4 is 0 Å². The number of H-pyrrole nitrogens is 1. The first-order valence-electron chi connectivity index (χ1n) is 4.34. The second-order valence-corrected chi connectivity index (χ2v) is 3.15. The van der Waals surface area contributed by atoms with Gasteiger partial charge in [-0.05, 0) is 19.1 Å². The molecule has 0 aliphatic heterocycles. The van der Waals surface area contributed by atoms with Crippen LogP contribution in [0.5, 0.6) is 0 Å². The van der Waals surface area contributed by atoms with Crippen LogP contribution in [0.25, 0.3) is 0 Å². The molecule has 1 aromatic heterocycles. The summed E-state index contributed by atoms with van der Waals surface area (Å²) in [4.78, 5) is 15.4. The van der Waals surface area contributed by atoms with Gasteiger partial charge in [-0.3, -0.25) is 9.89 Å². The van der Waals surface area contributed by atoms with Gasteiger partial charge in [-0.1, -0.05) is 11.6 Å². The highest BCUT2D eigenvalue weighted by Crippen LogP contribution is 2.12. The lowest BCUT2D eigenvalue weighted by Gasteiger charge is -2.00. The predicted octanol–water partition coefficient (Wildman–Crippen LogP) is 1.48. The first-order chi connectivity index (χ1) is 7.18. The molecule has 0 amide bonds. The molecule has 0 spiro atoms. The Morgan fingerprint density at radius 3 is 2.93 bits per heavy atom. The number of carbonyl (C=O) groups excluding carboxylic acids is 1. The number of hydrogen-bond donors (Lipinski definition) is 1. The monoisotopic (exact) mass is 205 g/mol. The summed E-state index contributed by atoms with van der Waals surface area (Å²) >= 11 is 0. The highest BCUT2D eigenvalue weighted by molar-refractivity contribution is 6.06. The van der Waals surface area contributed by atoms with Gasteiger partial charge < -0.3 is 0 Å². The topological polar surface area (TPSA) is 58.6 Å². The van der Waals surface area contributed by atoms with E-state index in [4.69, 9.17) is 0 Å². The molecule has 0 aliphatic rings. The second-order valence-electron chi connectivity index (χ2n) is 3.15. The van der Waals surface area contributed by atoms with Gasteiger partial charge in [0.25, 0.3) is 0 Å². The van der Waals surface area contributed by atoms with Gasteiger partial charge in [0.2, 0.25) is 5.78 Å². The van der Waals surface area contributed by atoms with Gasteiger partial charge in [0.05, 0.1) is 5.56 Å². The average molecular weight is 205 g/mol. The van der Waals surface area contributed by atoms with E-state index in [1.165, 1.54) is 18.5 Å². The molecule has 0 unspecified atom stereocenters. The third-order valence-corrected chi connectivity index (χ3v) is 2.00. The number of rotatable bonds is 2. The number of nitrogens with one attached hydrogen (secondary N) is 1. The van der Waals surface area contributed by atoms with Crippen LogP contribution in [-0.2, 0) is 0 Å². The molecule has 0 radical (unpaired) electrons. The Hall–Kier alpha value is -2.04. The van der Waals surface area contributed by atoms with E-state index in [0.29, 0.717) is 0 Å². The third-order valence-electron chi connectivity index (χ3n) is 2.00. The van der Waals surface area contributed by atoms with Crippen molar-refractivity contribution in [2.24, 2.45) is 0 Å². The molecule has 0 aliphatic carbocycles. The normalized spacial score (nSPS) is 10.3. The van der Waals surface area contributed by atoms with Gasteiger partial charge in [0.1, 0.15) is 12.1 Å². The van der Waals surface area contributed by atoms with Crippen molar-refractivity contribution in [3.05, 3.63) is 47.3 Å². The number of benzene rings is 1. The Morgan fingerprint density at radius 2 is 2.27 bits per heavy atom. The zero-order valence-electron chi connectivity index (χ0n) is 7.99. The first kappa shape index (κ1) is 9.51. The first-order valence-corrected chi connectivity index (χ1v) is 4.34. The van der Waals surface area contributed by atoms with E-state index in [1.54, 1.807) is 13.0 Å². The minimum atomic E-state index is -0.554. The molecule has 1 N–H and O–H groups in total. The van der Waals surface area contributed by atoms with Gasteiger partial charge in [0, 0.05) is 0 Å². The molecule has 15 heavy (non-hydrogen) atoms. The molecule has 0 saturated heterocycles. The van der Waals surface area contributed by atoms with E-state index in [9.17, 15) is 9.18 Å². The van der Waals surface area contributed by atoms with Crippen LogP contribution in [0.1, 0.15) is 21.7 Å². The maximum Gasteiger partial charge on any atom is 0.232 e. The Labute approximate surface area is 85.2 Å². The van der Waals surface area contributed by atoms with Crippen molar-refractivity contribution in [2.45, 2.75) is 6.92 Å².